The lowest BCUT2D eigenvalue weighted by molar-refractivity contribution is 0.669. The number of anilines is 3. The molecule has 0 radical (unpaired) electrons. The van der Waals surface area contributed by atoms with Gasteiger partial charge in [-0.2, -0.15) is 0 Å². The Kier molecular flexibility index (Phi) is 8.53. The van der Waals surface area contributed by atoms with Crippen molar-refractivity contribution in [1.29, 1.82) is 0 Å². The van der Waals surface area contributed by atoms with Gasteiger partial charge in [0, 0.05) is 44.0 Å². The lowest BCUT2D eigenvalue weighted by atomic mass is 9.96. The number of fused-ring (bicyclic) bond motifs is 8. The van der Waals surface area contributed by atoms with E-state index in [1.54, 1.807) is 0 Å². The van der Waals surface area contributed by atoms with Gasteiger partial charge in [-0.1, -0.05) is 176 Å². The summed E-state index contributed by atoms with van der Waals surface area (Å²) in [5.41, 5.74) is 15.9. The second-order valence-corrected chi connectivity index (χ2v) is 16.8. The molecule has 65 heavy (non-hydrogen) atoms. The average Bonchev–Trinajstić information content (AvgIpc) is 3.94. The van der Waals surface area contributed by atoms with Crippen molar-refractivity contribution in [2.45, 2.75) is 0 Å². The minimum atomic E-state index is 0.880. The van der Waals surface area contributed by atoms with Crippen LogP contribution in [0.4, 0.5) is 17.1 Å². The van der Waals surface area contributed by atoms with Gasteiger partial charge in [0.1, 0.15) is 22.3 Å². The molecule has 0 saturated heterocycles. The van der Waals surface area contributed by atoms with E-state index in [0.717, 1.165) is 94.1 Å². The summed E-state index contributed by atoms with van der Waals surface area (Å²) in [6.45, 7) is 0. The summed E-state index contributed by atoms with van der Waals surface area (Å²) in [5, 5.41) is 9.34. The second kappa shape index (κ2) is 15.0. The Hall–Kier alpha value is -8.66. The fraction of sp³-hybridized carbons (Fsp3) is 0. The van der Waals surface area contributed by atoms with Crippen LogP contribution < -0.4 is 4.90 Å². The van der Waals surface area contributed by atoms with Gasteiger partial charge < -0.3 is 13.7 Å². The van der Waals surface area contributed by atoms with Crippen LogP contribution in [0.15, 0.2) is 245 Å². The number of benzene rings is 11. The van der Waals surface area contributed by atoms with Gasteiger partial charge in [0.05, 0.1) is 5.69 Å². The summed E-state index contributed by atoms with van der Waals surface area (Å²) in [7, 11) is 0. The first-order chi connectivity index (χ1) is 32.2. The zero-order valence-corrected chi connectivity index (χ0v) is 35.3. The predicted octanol–water partition coefficient (Wildman–Crippen LogP) is 17.9. The van der Waals surface area contributed by atoms with Crippen LogP contribution in [0, 0.1) is 0 Å². The Morgan fingerprint density at radius 3 is 1.55 bits per heavy atom. The first-order valence-corrected chi connectivity index (χ1v) is 22.1. The quantitative estimate of drug-likeness (QED) is 0.160. The van der Waals surface area contributed by atoms with Gasteiger partial charge in [-0.15, -0.1) is 0 Å². The van der Waals surface area contributed by atoms with E-state index in [2.05, 4.69) is 229 Å². The van der Waals surface area contributed by atoms with Gasteiger partial charge in [0.2, 0.25) is 0 Å². The molecule has 2 heterocycles. The van der Waals surface area contributed by atoms with Gasteiger partial charge in [-0.3, -0.25) is 0 Å². The standard InChI is InChI=1S/C62H39NO2/c1-2-13-46-39-61-57(37-45(46)12-1)55-20-10-19-54(62(55)65-61)52-16-5-7-21-58(52)63(49-34-29-42(30-35-49)47-31-36-60-56(38-47)53-17-6-8-22-59(53)64-60)48-32-27-41(28-33-48)40-23-25-44(26-24-40)51-18-9-14-43-11-3-4-15-50(43)51/h1-39H. The van der Waals surface area contributed by atoms with Crippen molar-refractivity contribution in [3.8, 4) is 44.5 Å². The van der Waals surface area contributed by atoms with Crippen molar-refractivity contribution in [3.63, 3.8) is 0 Å². The third-order valence-electron chi connectivity index (χ3n) is 13.1. The van der Waals surface area contributed by atoms with Gasteiger partial charge in [-0.25, -0.2) is 0 Å². The van der Waals surface area contributed by atoms with Crippen molar-refractivity contribution < 1.29 is 8.83 Å². The molecule has 0 amide bonds. The van der Waals surface area contributed by atoms with E-state index < -0.39 is 0 Å². The lowest BCUT2D eigenvalue weighted by Crippen LogP contribution is -2.11. The number of nitrogens with zero attached hydrogens (tertiary/aromatic N) is 1. The highest BCUT2D eigenvalue weighted by atomic mass is 16.3. The summed E-state index contributed by atoms with van der Waals surface area (Å²) >= 11 is 0. The average molecular weight is 830 g/mol. The molecule has 3 nitrogen and oxygen atoms in total. The third kappa shape index (κ3) is 6.28. The SMILES string of the molecule is c1ccc(N(c2ccc(-c3ccc(-c4cccc5ccccc45)cc3)cc2)c2ccc(-c3ccc4oc5ccccc5c4c3)cc2)c(-c2cccc3c2oc2cc4ccccc4cc23)c1. The van der Waals surface area contributed by atoms with E-state index in [1.807, 2.05) is 12.1 Å². The van der Waals surface area contributed by atoms with E-state index >= 15 is 0 Å². The van der Waals surface area contributed by atoms with E-state index in [9.17, 15) is 0 Å². The zero-order chi connectivity index (χ0) is 42.8. The van der Waals surface area contributed by atoms with Gasteiger partial charge in [0.25, 0.3) is 0 Å². The minimum absolute atomic E-state index is 0.880. The van der Waals surface area contributed by atoms with Crippen LogP contribution in [0.5, 0.6) is 0 Å². The van der Waals surface area contributed by atoms with Crippen LogP contribution in [-0.2, 0) is 0 Å². The van der Waals surface area contributed by atoms with E-state index in [0.29, 0.717) is 0 Å². The second-order valence-electron chi connectivity index (χ2n) is 16.8. The number of hydrogen-bond acceptors (Lipinski definition) is 3. The summed E-state index contributed by atoms with van der Waals surface area (Å²) in [6, 6.07) is 84.8. The summed E-state index contributed by atoms with van der Waals surface area (Å²) in [4.78, 5) is 2.37. The number of furan rings is 2. The van der Waals surface area contributed by atoms with Crippen LogP contribution >= 0.6 is 0 Å². The summed E-state index contributed by atoms with van der Waals surface area (Å²) in [5.74, 6) is 0. The van der Waals surface area contributed by atoms with Crippen molar-refractivity contribution in [3.05, 3.63) is 237 Å². The highest BCUT2D eigenvalue weighted by molar-refractivity contribution is 6.14. The number of rotatable bonds is 7. The smallest absolute Gasteiger partial charge is 0.143 e. The zero-order valence-electron chi connectivity index (χ0n) is 35.3. The molecule has 0 spiro atoms. The highest BCUT2D eigenvalue weighted by Gasteiger charge is 2.21. The molecule has 0 aliphatic carbocycles. The Balaban J connectivity index is 0.919. The molecule has 0 N–H and O–H groups in total. The highest BCUT2D eigenvalue weighted by Crippen LogP contribution is 2.45. The molecule has 13 aromatic rings. The van der Waals surface area contributed by atoms with Crippen molar-refractivity contribution in [2.24, 2.45) is 0 Å². The molecule has 2 aromatic heterocycles. The fourth-order valence-corrected chi connectivity index (χ4v) is 9.85. The van der Waals surface area contributed by atoms with E-state index in [-0.39, 0.29) is 0 Å². The predicted molar refractivity (Wildman–Crippen MR) is 272 cm³/mol. The number of hydrogen-bond donors (Lipinski definition) is 0. The molecule has 3 heteroatoms. The maximum absolute atomic E-state index is 6.81. The Morgan fingerprint density at radius 2 is 0.769 bits per heavy atom. The van der Waals surface area contributed by atoms with Crippen LogP contribution in [0.1, 0.15) is 0 Å². The van der Waals surface area contributed by atoms with E-state index in [4.69, 9.17) is 8.83 Å². The van der Waals surface area contributed by atoms with Crippen LogP contribution in [0.25, 0.3) is 110 Å². The Bertz CT molecular complexity index is 3930. The van der Waals surface area contributed by atoms with Crippen molar-refractivity contribution in [2.75, 3.05) is 4.90 Å². The fourth-order valence-electron chi connectivity index (χ4n) is 9.85. The maximum atomic E-state index is 6.81. The maximum Gasteiger partial charge on any atom is 0.143 e. The minimum Gasteiger partial charge on any atom is -0.456 e. The first kappa shape index (κ1) is 36.9. The van der Waals surface area contributed by atoms with Gasteiger partial charge in [-0.05, 0) is 116 Å². The molecular weight excluding hydrogens is 791 g/mol. The third-order valence-corrected chi connectivity index (χ3v) is 13.1. The molecule has 0 aliphatic rings. The molecule has 0 atom stereocenters. The van der Waals surface area contributed by atoms with Crippen LogP contribution in [0.3, 0.4) is 0 Å². The summed E-state index contributed by atoms with van der Waals surface area (Å²) in [6.07, 6.45) is 0. The van der Waals surface area contributed by atoms with Crippen molar-refractivity contribution >= 4 is 82.5 Å². The van der Waals surface area contributed by atoms with Crippen molar-refractivity contribution in [1.82, 2.24) is 0 Å². The molecule has 0 fully saturated rings. The monoisotopic (exact) mass is 829 g/mol. The molecular formula is C62H39NO2. The molecule has 0 saturated carbocycles. The van der Waals surface area contributed by atoms with Crippen LogP contribution in [0.2, 0.25) is 0 Å². The largest absolute Gasteiger partial charge is 0.456 e. The van der Waals surface area contributed by atoms with E-state index in [1.165, 1.54) is 32.8 Å². The lowest BCUT2D eigenvalue weighted by Gasteiger charge is -2.28. The molecule has 13 rings (SSSR count). The molecule has 0 bridgehead atoms. The normalized spacial score (nSPS) is 11.7. The van der Waals surface area contributed by atoms with Gasteiger partial charge >= 0.3 is 0 Å². The molecule has 11 aromatic carbocycles. The molecule has 0 unspecified atom stereocenters. The van der Waals surface area contributed by atoms with Crippen LogP contribution in [-0.4, -0.2) is 0 Å². The topological polar surface area (TPSA) is 29.5 Å². The first-order valence-electron chi connectivity index (χ1n) is 22.1. The number of para-hydroxylation sites is 3. The Morgan fingerprint density at radius 1 is 0.262 bits per heavy atom. The van der Waals surface area contributed by atoms with Gasteiger partial charge in [0.15, 0.2) is 0 Å². The summed E-state index contributed by atoms with van der Waals surface area (Å²) < 4.78 is 13.0. The Labute approximate surface area is 375 Å². The molecule has 0 aliphatic heterocycles. The molecule has 304 valence electrons.